The lowest BCUT2D eigenvalue weighted by atomic mass is 9.96. The molecule has 8 nitrogen and oxygen atoms in total. The molecule has 1 aromatic heterocycles. The van der Waals surface area contributed by atoms with Gasteiger partial charge >= 0.3 is 5.97 Å². The van der Waals surface area contributed by atoms with Gasteiger partial charge in [0.15, 0.2) is 5.17 Å². The van der Waals surface area contributed by atoms with E-state index in [4.69, 9.17) is 9.47 Å². The highest BCUT2D eigenvalue weighted by Gasteiger charge is 2.41. The summed E-state index contributed by atoms with van der Waals surface area (Å²) >= 11 is 3.06. The summed E-state index contributed by atoms with van der Waals surface area (Å²) in [6.07, 6.45) is -0.00655. The summed E-state index contributed by atoms with van der Waals surface area (Å²) in [6.45, 7) is 10.2. The number of aliphatic imine (C=N–C) groups is 1. The molecule has 1 amide bonds. The number of nitrogens with one attached hydrogen (secondary N) is 1. The number of hydrogen-bond donors (Lipinski definition) is 1. The van der Waals surface area contributed by atoms with Crippen molar-refractivity contribution in [1.82, 2.24) is 15.1 Å². The highest BCUT2D eigenvalue weighted by atomic mass is 32.2. The Morgan fingerprint density at radius 3 is 2.82 bits per heavy atom. The summed E-state index contributed by atoms with van der Waals surface area (Å²) in [6, 6.07) is 1.65. The lowest BCUT2D eigenvalue weighted by Gasteiger charge is -2.36. The van der Waals surface area contributed by atoms with Crippen molar-refractivity contribution in [2.24, 2.45) is 4.99 Å². The lowest BCUT2D eigenvalue weighted by Crippen LogP contribution is -2.42. The molecule has 0 spiro atoms. The van der Waals surface area contributed by atoms with Crippen LogP contribution in [-0.4, -0.2) is 72.3 Å². The van der Waals surface area contributed by atoms with E-state index >= 15 is 0 Å². The van der Waals surface area contributed by atoms with Crippen molar-refractivity contribution in [2.75, 3.05) is 39.4 Å². The molecule has 1 unspecified atom stereocenters. The Morgan fingerprint density at radius 1 is 1.33 bits per heavy atom. The molecule has 3 aliphatic heterocycles. The maximum atomic E-state index is 13.0. The summed E-state index contributed by atoms with van der Waals surface area (Å²) < 4.78 is 10.9. The third kappa shape index (κ3) is 5.68. The van der Waals surface area contributed by atoms with Crippen molar-refractivity contribution < 1.29 is 19.1 Å². The van der Waals surface area contributed by atoms with E-state index in [9.17, 15) is 9.59 Å². The van der Waals surface area contributed by atoms with Crippen LogP contribution in [0.3, 0.4) is 0 Å². The van der Waals surface area contributed by atoms with E-state index in [1.807, 2.05) is 47.9 Å². The number of hydrogen-bond acceptors (Lipinski definition) is 9. The van der Waals surface area contributed by atoms with Crippen molar-refractivity contribution in [3.8, 4) is 0 Å². The van der Waals surface area contributed by atoms with Crippen LogP contribution in [0.1, 0.15) is 38.8 Å². The van der Waals surface area contributed by atoms with Crippen LogP contribution in [0.4, 0.5) is 0 Å². The summed E-state index contributed by atoms with van der Waals surface area (Å²) in [7, 11) is 0. The third-order valence-corrected chi connectivity index (χ3v) is 7.21. The minimum Gasteiger partial charge on any atom is -0.459 e. The number of carbonyl (C=O) groups excluding carboxylic acids is 2. The first-order valence-corrected chi connectivity index (χ1v) is 13.0. The van der Waals surface area contributed by atoms with Gasteiger partial charge in [0.25, 0.3) is 0 Å². The predicted octanol–water partition coefficient (Wildman–Crippen LogP) is 3.11. The van der Waals surface area contributed by atoms with Gasteiger partial charge in [-0.15, -0.1) is 0 Å². The van der Waals surface area contributed by atoms with E-state index in [0.717, 1.165) is 49.3 Å². The average Bonchev–Trinajstić information content (AvgIpc) is 3.43. The molecule has 10 heteroatoms. The summed E-state index contributed by atoms with van der Waals surface area (Å²) in [5, 5.41) is 9.80. The third-order valence-electron chi connectivity index (χ3n) is 5.62. The number of rotatable bonds is 8. The number of amides is 1. The zero-order chi connectivity index (χ0) is 23.4. The second-order valence-corrected chi connectivity index (χ2v) is 10.0. The molecule has 4 heterocycles. The van der Waals surface area contributed by atoms with E-state index < -0.39 is 0 Å². The predicted molar refractivity (Wildman–Crippen MR) is 131 cm³/mol. The monoisotopic (exact) mass is 490 g/mol. The molecule has 4 rings (SSSR count). The van der Waals surface area contributed by atoms with Gasteiger partial charge in [0.2, 0.25) is 5.91 Å². The van der Waals surface area contributed by atoms with Gasteiger partial charge in [0.1, 0.15) is 0 Å². The summed E-state index contributed by atoms with van der Waals surface area (Å²) in [4.78, 5) is 34.8. The number of ether oxygens (including phenoxy) is 2. The van der Waals surface area contributed by atoms with Crippen LogP contribution >= 0.6 is 23.1 Å². The van der Waals surface area contributed by atoms with E-state index in [1.54, 1.807) is 11.3 Å². The van der Waals surface area contributed by atoms with Gasteiger partial charge in [-0.2, -0.15) is 11.3 Å². The van der Waals surface area contributed by atoms with Crippen LogP contribution in [-0.2, 0) is 19.1 Å². The minimum atomic E-state index is -0.368. The lowest BCUT2D eigenvalue weighted by molar-refractivity contribution is -0.143. The fraction of sp³-hybridized carbons (Fsp3) is 0.522. The highest BCUT2D eigenvalue weighted by molar-refractivity contribution is 8.16. The van der Waals surface area contributed by atoms with Crippen LogP contribution in [0.15, 0.2) is 44.2 Å². The molecule has 178 valence electrons. The van der Waals surface area contributed by atoms with E-state index in [0.29, 0.717) is 17.8 Å². The fourth-order valence-electron chi connectivity index (χ4n) is 4.06. The van der Waals surface area contributed by atoms with E-state index in [1.165, 1.54) is 11.8 Å². The largest absolute Gasteiger partial charge is 0.459 e. The second kappa shape index (κ2) is 10.9. The van der Waals surface area contributed by atoms with Crippen molar-refractivity contribution in [3.05, 3.63) is 44.8 Å². The number of esters is 1. The molecule has 33 heavy (non-hydrogen) atoms. The Balaban J connectivity index is 1.47. The Kier molecular flexibility index (Phi) is 7.90. The number of nitrogens with zero attached hydrogens (tertiary/aromatic N) is 3. The van der Waals surface area contributed by atoms with Gasteiger partial charge in [-0.1, -0.05) is 11.8 Å². The molecule has 0 aliphatic carbocycles. The molecule has 0 saturated carbocycles. The van der Waals surface area contributed by atoms with Crippen molar-refractivity contribution in [3.63, 3.8) is 0 Å². The summed E-state index contributed by atoms with van der Waals surface area (Å²) in [5.74, 6) is -0.411. The second-order valence-electron chi connectivity index (χ2n) is 8.38. The standard InChI is InChI=1S/C23H30N4O4S2/c1-15(2)31-22(29)20-16(3)25-23-27(21(20)17-4-11-32-13-17)18(14-33-23)12-19(28)24-5-6-26-7-9-30-10-8-26/h4,11,13-15,21H,5-10,12H2,1-3H3,(H,24,28). The van der Waals surface area contributed by atoms with Gasteiger partial charge in [0, 0.05) is 31.9 Å². The Hall–Kier alpha value is -2.14. The van der Waals surface area contributed by atoms with Gasteiger partial charge in [-0.25, -0.2) is 9.79 Å². The number of morpholine rings is 1. The molecule has 1 fully saturated rings. The van der Waals surface area contributed by atoms with Gasteiger partial charge < -0.3 is 19.7 Å². The number of fused-ring (bicyclic) bond motifs is 1. The van der Waals surface area contributed by atoms with Gasteiger partial charge in [-0.3, -0.25) is 9.69 Å². The zero-order valence-electron chi connectivity index (χ0n) is 19.2. The molecular weight excluding hydrogens is 460 g/mol. The minimum absolute atomic E-state index is 0.0435. The normalized spacial score (nSPS) is 21.1. The van der Waals surface area contributed by atoms with Crippen molar-refractivity contribution >= 4 is 40.1 Å². The fourth-order valence-corrected chi connectivity index (χ4v) is 5.70. The molecule has 1 aromatic rings. The van der Waals surface area contributed by atoms with Crippen molar-refractivity contribution in [2.45, 2.75) is 39.3 Å². The average molecular weight is 491 g/mol. The first-order chi connectivity index (χ1) is 15.9. The van der Waals surface area contributed by atoms with Crippen LogP contribution in [0, 0.1) is 0 Å². The first-order valence-electron chi connectivity index (χ1n) is 11.2. The van der Waals surface area contributed by atoms with Crippen LogP contribution in [0.5, 0.6) is 0 Å². The molecule has 1 N–H and O–H groups in total. The Bertz CT molecular complexity index is 965. The number of carbonyl (C=O) groups is 2. The van der Waals surface area contributed by atoms with Crippen LogP contribution in [0.2, 0.25) is 0 Å². The van der Waals surface area contributed by atoms with Gasteiger partial charge in [-0.05, 0) is 48.6 Å². The van der Waals surface area contributed by atoms with E-state index in [-0.39, 0.29) is 30.4 Å². The molecular formula is C23H30N4O4S2. The Labute approximate surface area is 202 Å². The summed E-state index contributed by atoms with van der Waals surface area (Å²) in [5.41, 5.74) is 3.00. The highest BCUT2D eigenvalue weighted by Crippen LogP contribution is 2.45. The van der Waals surface area contributed by atoms with E-state index in [2.05, 4.69) is 15.2 Å². The quantitative estimate of drug-likeness (QED) is 0.561. The van der Waals surface area contributed by atoms with Gasteiger partial charge in [0.05, 0.1) is 43.1 Å². The zero-order valence-corrected chi connectivity index (χ0v) is 20.8. The molecule has 3 aliphatic rings. The molecule has 1 saturated heterocycles. The topological polar surface area (TPSA) is 83.5 Å². The Morgan fingerprint density at radius 2 is 2.12 bits per heavy atom. The smallest absolute Gasteiger partial charge is 0.338 e. The molecule has 0 bridgehead atoms. The SMILES string of the molecule is CC1=C(C(=O)OC(C)C)C(c2ccsc2)N2C(CC(=O)NCCN3CCOCC3)=CSC2=N1. The number of allylic oxidation sites excluding steroid dienone is 1. The first kappa shape index (κ1) is 24.0. The molecule has 0 aromatic carbocycles. The van der Waals surface area contributed by atoms with Crippen LogP contribution in [0.25, 0.3) is 0 Å². The molecule has 1 atom stereocenters. The number of thioether (sulfide) groups is 1. The molecule has 0 radical (unpaired) electrons. The maximum absolute atomic E-state index is 13.0. The number of thiophene rings is 1. The maximum Gasteiger partial charge on any atom is 0.338 e. The number of amidine groups is 1. The van der Waals surface area contributed by atoms with Crippen molar-refractivity contribution in [1.29, 1.82) is 0 Å². The van der Waals surface area contributed by atoms with Crippen LogP contribution < -0.4 is 5.32 Å².